The summed E-state index contributed by atoms with van der Waals surface area (Å²) in [5.74, 6) is 1.04. The Hall–Kier alpha value is -3.23. The quantitative estimate of drug-likeness (QED) is 0.446. The van der Waals surface area contributed by atoms with Gasteiger partial charge >= 0.3 is 0 Å². The Balaban J connectivity index is 1.70. The molecular weight excluding hydrogens is 410 g/mol. The van der Waals surface area contributed by atoms with E-state index in [-0.39, 0.29) is 11.6 Å². The van der Waals surface area contributed by atoms with Crippen LogP contribution in [0.2, 0.25) is 5.02 Å². The van der Waals surface area contributed by atoms with Gasteiger partial charge in [-0.25, -0.2) is 9.97 Å². The highest BCUT2D eigenvalue weighted by Gasteiger charge is 2.20. The Morgan fingerprint density at radius 3 is 2.97 bits per heavy atom. The first-order chi connectivity index (χ1) is 14.1. The van der Waals surface area contributed by atoms with E-state index in [0.717, 1.165) is 15.6 Å². The zero-order chi connectivity index (χ0) is 20.0. The standard InChI is InChI=1S/C20H14ClN5O2S/c1-11(24-19-18-15(5-7-22-19)29-10-23-18)14-9-12-3-2-4-13(21)17(12)20(27)26(14)16-6-8-28-25-16/h2-11H,1H3,(H,22,24)/t11-/m0/s1. The number of nitrogens with one attached hydrogen (secondary N) is 1. The van der Waals surface area contributed by atoms with Crippen molar-refractivity contribution in [2.75, 3.05) is 5.32 Å². The van der Waals surface area contributed by atoms with Crippen LogP contribution < -0.4 is 10.9 Å². The summed E-state index contributed by atoms with van der Waals surface area (Å²) < 4.78 is 7.53. The molecule has 0 saturated carbocycles. The van der Waals surface area contributed by atoms with Gasteiger partial charge in [0, 0.05) is 12.3 Å². The van der Waals surface area contributed by atoms with Crippen molar-refractivity contribution in [3.8, 4) is 5.82 Å². The van der Waals surface area contributed by atoms with Crippen LogP contribution in [0.15, 0.2) is 63.7 Å². The van der Waals surface area contributed by atoms with Crippen molar-refractivity contribution in [1.82, 2.24) is 19.7 Å². The predicted molar refractivity (Wildman–Crippen MR) is 114 cm³/mol. The average Bonchev–Trinajstić information content (AvgIpc) is 3.40. The molecule has 5 rings (SSSR count). The van der Waals surface area contributed by atoms with E-state index in [2.05, 4.69) is 20.4 Å². The maximum atomic E-state index is 13.3. The number of fused-ring (bicyclic) bond motifs is 2. The van der Waals surface area contributed by atoms with Gasteiger partial charge in [-0.15, -0.1) is 11.3 Å². The fraction of sp³-hybridized carbons (Fsp3) is 0.100. The zero-order valence-electron chi connectivity index (χ0n) is 15.2. The SMILES string of the molecule is C[C@H](Nc1nccc2scnc12)c1cc2cccc(Cl)c2c(=O)n1-c1ccon1. The van der Waals surface area contributed by atoms with Crippen LogP contribution >= 0.6 is 22.9 Å². The van der Waals surface area contributed by atoms with Crippen LogP contribution in [-0.4, -0.2) is 19.7 Å². The molecule has 29 heavy (non-hydrogen) atoms. The van der Waals surface area contributed by atoms with Crippen LogP contribution in [0.5, 0.6) is 0 Å². The van der Waals surface area contributed by atoms with E-state index in [1.165, 1.54) is 10.8 Å². The van der Waals surface area contributed by atoms with E-state index in [4.69, 9.17) is 16.1 Å². The Labute approximate surface area is 173 Å². The van der Waals surface area contributed by atoms with E-state index >= 15 is 0 Å². The molecule has 1 N–H and O–H groups in total. The topological polar surface area (TPSA) is 85.8 Å². The first-order valence-corrected chi connectivity index (χ1v) is 10.1. The number of pyridine rings is 2. The van der Waals surface area contributed by atoms with Gasteiger partial charge in [0.05, 0.1) is 32.4 Å². The highest BCUT2D eigenvalue weighted by atomic mass is 35.5. The van der Waals surface area contributed by atoms with Gasteiger partial charge in [-0.1, -0.05) is 28.9 Å². The lowest BCUT2D eigenvalue weighted by Gasteiger charge is -2.20. The lowest BCUT2D eigenvalue weighted by atomic mass is 10.1. The fourth-order valence-corrected chi connectivity index (χ4v) is 4.33. The summed E-state index contributed by atoms with van der Waals surface area (Å²) in [5.41, 5.74) is 3.02. The number of benzene rings is 1. The maximum Gasteiger partial charge on any atom is 0.266 e. The highest BCUT2D eigenvalue weighted by molar-refractivity contribution is 7.16. The second kappa shape index (κ2) is 6.98. The molecule has 7 nitrogen and oxygen atoms in total. The predicted octanol–water partition coefficient (Wildman–Crippen LogP) is 4.81. The van der Waals surface area contributed by atoms with Gasteiger partial charge < -0.3 is 9.84 Å². The van der Waals surface area contributed by atoms with E-state index in [1.54, 1.807) is 35.2 Å². The summed E-state index contributed by atoms with van der Waals surface area (Å²) in [6.07, 6.45) is 3.17. The van der Waals surface area contributed by atoms with Crippen LogP contribution in [0, 0.1) is 0 Å². The number of halogens is 1. The van der Waals surface area contributed by atoms with Crippen LogP contribution in [-0.2, 0) is 0 Å². The van der Waals surface area contributed by atoms with Crippen LogP contribution in [0.4, 0.5) is 5.82 Å². The number of thiazole rings is 1. The minimum Gasteiger partial charge on any atom is -0.363 e. The molecule has 0 bridgehead atoms. The Morgan fingerprint density at radius 2 is 2.14 bits per heavy atom. The van der Waals surface area contributed by atoms with Gasteiger partial charge in [0.1, 0.15) is 11.8 Å². The number of hydrogen-bond donors (Lipinski definition) is 1. The fourth-order valence-electron chi connectivity index (χ4n) is 3.39. The van der Waals surface area contributed by atoms with Crippen molar-refractivity contribution in [2.24, 2.45) is 0 Å². The zero-order valence-corrected chi connectivity index (χ0v) is 16.7. The monoisotopic (exact) mass is 423 g/mol. The van der Waals surface area contributed by atoms with E-state index in [9.17, 15) is 4.79 Å². The Kier molecular flexibility index (Phi) is 4.30. The number of aromatic nitrogens is 4. The normalized spacial score (nSPS) is 12.5. The van der Waals surface area contributed by atoms with Gasteiger partial charge in [0.25, 0.3) is 5.56 Å². The van der Waals surface area contributed by atoms with Gasteiger partial charge in [-0.3, -0.25) is 9.36 Å². The molecule has 1 atom stereocenters. The maximum absolute atomic E-state index is 13.3. The molecule has 0 fully saturated rings. The Morgan fingerprint density at radius 1 is 1.24 bits per heavy atom. The molecule has 0 radical (unpaired) electrons. The van der Waals surface area contributed by atoms with Gasteiger partial charge in [-0.2, -0.15) is 0 Å². The molecule has 9 heteroatoms. The molecule has 0 aliphatic rings. The molecule has 144 valence electrons. The van der Waals surface area contributed by atoms with E-state index in [0.29, 0.717) is 27.7 Å². The number of anilines is 1. The molecule has 5 aromatic rings. The van der Waals surface area contributed by atoms with E-state index in [1.807, 2.05) is 31.2 Å². The molecule has 0 aliphatic carbocycles. The summed E-state index contributed by atoms with van der Waals surface area (Å²) in [6, 6.07) is 10.6. The first-order valence-electron chi connectivity index (χ1n) is 8.83. The van der Waals surface area contributed by atoms with Crippen molar-refractivity contribution in [3.05, 3.63) is 75.4 Å². The summed E-state index contributed by atoms with van der Waals surface area (Å²) in [6.45, 7) is 1.95. The lowest BCUT2D eigenvalue weighted by molar-refractivity contribution is 0.415. The molecule has 4 heterocycles. The molecule has 0 saturated heterocycles. The van der Waals surface area contributed by atoms with Crippen molar-refractivity contribution in [2.45, 2.75) is 13.0 Å². The minimum atomic E-state index is -0.275. The van der Waals surface area contributed by atoms with Crippen LogP contribution in [0.3, 0.4) is 0 Å². The summed E-state index contributed by atoms with van der Waals surface area (Å²) in [4.78, 5) is 22.2. The molecule has 1 aromatic carbocycles. The van der Waals surface area contributed by atoms with E-state index < -0.39 is 0 Å². The molecule has 0 amide bonds. The summed E-state index contributed by atoms with van der Waals surface area (Å²) >= 11 is 7.87. The Bertz CT molecular complexity index is 1390. The smallest absolute Gasteiger partial charge is 0.266 e. The largest absolute Gasteiger partial charge is 0.363 e. The third-order valence-corrected chi connectivity index (χ3v) is 5.83. The summed E-state index contributed by atoms with van der Waals surface area (Å²) in [5, 5.41) is 8.93. The second-order valence-corrected chi connectivity index (χ2v) is 7.79. The van der Waals surface area contributed by atoms with Crippen molar-refractivity contribution in [3.63, 3.8) is 0 Å². The highest BCUT2D eigenvalue weighted by Crippen LogP contribution is 2.29. The van der Waals surface area contributed by atoms with Crippen LogP contribution in [0.25, 0.3) is 26.8 Å². The third-order valence-electron chi connectivity index (χ3n) is 4.72. The second-order valence-electron chi connectivity index (χ2n) is 6.50. The van der Waals surface area contributed by atoms with Gasteiger partial charge in [0.2, 0.25) is 0 Å². The summed E-state index contributed by atoms with van der Waals surface area (Å²) in [7, 11) is 0. The first kappa shape index (κ1) is 17.8. The van der Waals surface area contributed by atoms with Crippen molar-refractivity contribution < 1.29 is 4.52 Å². The average molecular weight is 424 g/mol. The number of hydrogen-bond acceptors (Lipinski definition) is 7. The minimum absolute atomic E-state index is 0.259. The third kappa shape index (κ3) is 2.97. The molecule has 0 spiro atoms. The molecule has 0 unspecified atom stereocenters. The molecule has 0 aliphatic heterocycles. The number of rotatable bonds is 4. The van der Waals surface area contributed by atoms with Gasteiger partial charge in [-0.05, 0) is 30.5 Å². The van der Waals surface area contributed by atoms with Crippen molar-refractivity contribution in [1.29, 1.82) is 0 Å². The molecule has 4 aromatic heterocycles. The lowest BCUT2D eigenvalue weighted by Crippen LogP contribution is -2.26. The number of nitrogens with zero attached hydrogens (tertiary/aromatic N) is 4. The van der Waals surface area contributed by atoms with Crippen LogP contribution in [0.1, 0.15) is 18.7 Å². The van der Waals surface area contributed by atoms with Gasteiger partial charge in [0.15, 0.2) is 11.6 Å². The van der Waals surface area contributed by atoms with Crippen molar-refractivity contribution >= 4 is 49.7 Å². The molecular formula is C20H14ClN5O2S.